The molecular weight excluding hydrogens is 522 g/mol. The first-order valence-electron chi connectivity index (χ1n) is 12.1. The second-order valence-electron chi connectivity index (χ2n) is 9.28. The zero-order valence-corrected chi connectivity index (χ0v) is 21.2. The summed E-state index contributed by atoms with van der Waals surface area (Å²) in [6.07, 6.45) is -6.01. The first-order valence-corrected chi connectivity index (χ1v) is 12.1. The number of anilines is 1. The van der Waals surface area contributed by atoms with Crippen molar-refractivity contribution < 1.29 is 53.3 Å². The number of ether oxygens (including phenoxy) is 6. The van der Waals surface area contributed by atoms with E-state index < -0.39 is 73.3 Å². The number of rotatable bonds is 6. The van der Waals surface area contributed by atoms with Crippen LogP contribution in [0, 0.1) is 0 Å². The normalized spacial score (nSPS) is 36.3. The van der Waals surface area contributed by atoms with Gasteiger partial charge in [0.15, 0.2) is 29.9 Å². The lowest BCUT2D eigenvalue weighted by Crippen LogP contribution is -2.73. The summed E-state index contributed by atoms with van der Waals surface area (Å²) in [5.74, 6) is -4.25. The zero-order valence-electron chi connectivity index (χ0n) is 21.2. The fraction of sp³-hybridized carbons (Fsp3) is 0.609. The van der Waals surface area contributed by atoms with Crippen LogP contribution in [0.4, 0.5) is 5.82 Å². The third kappa shape index (κ3) is 4.33. The number of nitrogens with two attached hydrogens (primary N) is 1. The molecule has 0 aliphatic carbocycles. The van der Waals surface area contributed by atoms with Crippen LogP contribution >= 0.6 is 0 Å². The molecule has 0 amide bonds. The van der Waals surface area contributed by atoms with Gasteiger partial charge in [0, 0.05) is 13.5 Å². The fourth-order valence-electron chi connectivity index (χ4n) is 5.24. The van der Waals surface area contributed by atoms with Crippen molar-refractivity contribution in [1.82, 2.24) is 19.5 Å². The molecule has 3 fully saturated rings. The third-order valence-electron chi connectivity index (χ3n) is 7.24. The third-order valence-corrected chi connectivity index (χ3v) is 7.24. The molecule has 0 radical (unpaired) electrons. The number of hydrogen-bond donors (Lipinski definition) is 4. The molecule has 0 spiro atoms. The average Bonchev–Trinajstić information content (AvgIpc) is 3.51. The number of aliphatic hydroxyl groups excluding tert-OH is 2. The predicted octanol–water partition coefficient (Wildman–Crippen LogP) is -2.05. The van der Waals surface area contributed by atoms with Gasteiger partial charge in [-0.15, -0.1) is 0 Å². The van der Waals surface area contributed by atoms with E-state index in [4.69, 9.17) is 34.2 Å². The lowest BCUT2D eigenvalue weighted by molar-refractivity contribution is -0.397. The average molecular weight is 552 g/mol. The second kappa shape index (κ2) is 10.4. The van der Waals surface area contributed by atoms with E-state index in [0.29, 0.717) is 11.2 Å². The number of carbonyl (C=O) groups is 2. The molecule has 212 valence electrons. The number of imidazole rings is 1. The molecule has 0 aromatic carbocycles. The molecule has 3 saturated heterocycles. The van der Waals surface area contributed by atoms with Crippen molar-refractivity contribution in [2.24, 2.45) is 0 Å². The van der Waals surface area contributed by atoms with Crippen LogP contribution in [0.25, 0.3) is 11.2 Å². The van der Waals surface area contributed by atoms with Crippen molar-refractivity contribution in [1.29, 1.82) is 0 Å². The van der Waals surface area contributed by atoms with Crippen molar-refractivity contribution in [3.8, 4) is 0 Å². The quantitative estimate of drug-likeness (QED) is 0.224. The Labute approximate surface area is 221 Å². The van der Waals surface area contributed by atoms with E-state index >= 15 is 0 Å². The molecule has 1 unspecified atom stereocenters. The van der Waals surface area contributed by atoms with E-state index in [1.807, 2.05) is 0 Å². The summed E-state index contributed by atoms with van der Waals surface area (Å²) < 4.78 is 35.5. The Morgan fingerprint density at radius 3 is 2.72 bits per heavy atom. The molecule has 3 aliphatic rings. The van der Waals surface area contributed by atoms with Crippen LogP contribution < -0.4 is 5.73 Å². The summed E-state index contributed by atoms with van der Waals surface area (Å²) in [7, 11) is 2.51. The van der Waals surface area contributed by atoms with E-state index in [1.165, 1.54) is 32.8 Å². The molecule has 0 saturated carbocycles. The predicted molar refractivity (Wildman–Crippen MR) is 126 cm³/mol. The van der Waals surface area contributed by atoms with Crippen LogP contribution in [-0.4, -0.2) is 116 Å². The number of hydrogen-bond acceptors (Lipinski definition) is 15. The van der Waals surface area contributed by atoms with E-state index in [1.54, 1.807) is 4.57 Å². The van der Waals surface area contributed by atoms with Crippen molar-refractivity contribution in [3.63, 3.8) is 0 Å². The minimum absolute atomic E-state index is 0.0496. The van der Waals surface area contributed by atoms with E-state index in [-0.39, 0.29) is 17.8 Å². The van der Waals surface area contributed by atoms with Crippen LogP contribution in [0.2, 0.25) is 0 Å². The largest absolute Gasteiger partial charge is 0.467 e. The van der Waals surface area contributed by atoms with Crippen LogP contribution in [-0.2, 0) is 38.0 Å². The van der Waals surface area contributed by atoms with Crippen molar-refractivity contribution in [3.05, 3.63) is 24.3 Å². The molecule has 2 aromatic rings. The van der Waals surface area contributed by atoms with Gasteiger partial charge in [-0.1, -0.05) is 6.08 Å². The Morgan fingerprint density at radius 1 is 1.28 bits per heavy atom. The summed E-state index contributed by atoms with van der Waals surface area (Å²) in [6, 6.07) is 0. The summed E-state index contributed by atoms with van der Waals surface area (Å²) >= 11 is 0. The van der Waals surface area contributed by atoms with Gasteiger partial charge in [-0.05, 0) is 6.92 Å². The SMILES string of the molecule is C/C=C(/CO)C(=O)O[C@H]1[C@H](O)[C@@H](C(=O)OC)O[C@@H]2C[C@H]3OC(n4cnc5c(N)ncnc54)[C@H](OC)[C@H]3O[C@]21O. The van der Waals surface area contributed by atoms with Crippen LogP contribution in [0.1, 0.15) is 19.6 Å². The summed E-state index contributed by atoms with van der Waals surface area (Å²) in [6.45, 7) is 0.845. The van der Waals surface area contributed by atoms with Gasteiger partial charge in [0.05, 0.1) is 31.7 Å². The molecule has 16 heteroatoms. The van der Waals surface area contributed by atoms with Crippen LogP contribution in [0.3, 0.4) is 0 Å². The van der Waals surface area contributed by atoms with Crippen molar-refractivity contribution in [2.75, 3.05) is 26.6 Å². The lowest BCUT2D eigenvalue weighted by atomic mass is 9.84. The highest BCUT2D eigenvalue weighted by molar-refractivity contribution is 5.89. The number of esters is 2. The molecule has 5 rings (SSSR count). The molecule has 16 nitrogen and oxygen atoms in total. The number of nitrogen functional groups attached to an aromatic ring is 1. The summed E-state index contributed by atoms with van der Waals surface area (Å²) in [5, 5.41) is 32.3. The Balaban J connectivity index is 1.50. The maximum absolute atomic E-state index is 12.7. The minimum atomic E-state index is -2.44. The van der Waals surface area contributed by atoms with Crippen molar-refractivity contribution in [2.45, 2.75) is 68.1 Å². The van der Waals surface area contributed by atoms with Gasteiger partial charge in [0.1, 0.15) is 36.3 Å². The van der Waals surface area contributed by atoms with Crippen LogP contribution in [0.5, 0.6) is 0 Å². The number of methoxy groups -OCH3 is 2. The summed E-state index contributed by atoms with van der Waals surface area (Å²) in [4.78, 5) is 37.6. The lowest BCUT2D eigenvalue weighted by Gasteiger charge is -2.52. The highest BCUT2D eigenvalue weighted by Gasteiger charge is 2.67. The monoisotopic (exact) mass is 551 g/mol. The van der Waals surface area contributed by atoms with Gasteiger partial charge in [0.25, 0.3) is 0 Å². The molecule has 2 aromatic heterocycles. The van der Waals surface area contributed by atoms with E-state index in [0.717, 1.165) is 7.11 Å². The van der Waals surface area contributed by atoms with Gasteiger partial charge < -0.3 is 49.5 Å². The Morgan fingerprint density at radius 2 is 2.05 bits per heavy atom. The maximum Gasteiger partial charge on any atom is 0.337 e. The number of carbonyl (C=O) groups excluding carboxylic acids is 2. The first kappa shape index (κ1) is 27.3. The summed E-state index contributed by atoms with van der Waals surface area (Å²) in [5.41, 5.74) is 6.50. The van der Waals surface area contributed by atoms with Gasteiger partial charge in [-0.2, -0.15) is 0 Å². The number of allylic oxidation sites excluding steroid dienone is 1. The topological polar surface area (TPSA) is 220 Å². The highest BCUT2D eigenvalue weighted by atomic mass is 16.7. The molecule has 5 N–H and O–H groups in total. The number of aromatic nitrogens is 4. The van der Waals surface area contributed by atoms with E-state index in [9.17, 15) is 24.9 Å². The standard InChI is InChI=1S/C23H29N5O11/c1-4-9(6-29)21(31)38-17-13(30)15(22(32)35-3)37-11-5-10-14(39-23(11,17)33)16(34-2)20(36-10)28-8-27-12-18(24)25-7-26-19(12)28/h4,7-8,10-11,13-17,20,29-30,33H,5-6H2,1-3H3,(H2,24,25,26)/b9-4-/t10-,11-,13-,14+,15+,16-,17+,20?,23-/m1/s1. The van der Waals surface area contributed by atoms with Gasteiger partial charge >= 0.3 is 11.9 Å². The maximum atomic E-state index is 12.7. The van der Waals surface area contributed by atoms with Gasteiger partial charge in [-0.25, -0.2) is 24.5 Å². The Hall–Kier alpha value is -3.25. The first-order chi connectivity index (χ1) is 18.7. The molecule has 5 heterocycles. The second-order valence-corrected chi connectivity index (χ2v) is 9.28. The minimum Gasteiger partial charge on any atom is -0.467 e. The molecule has 39 heavy (non-hydrogen) atoms. The van der Waals surface area contributed by atoms with Gasteiger partial charge in [0.2, 0.25) is 5.79 Å². The zero-order chi connectivity index (χ0) is 28.1. The molecule has 0 bridgehead atoms. The molecule has 9 atom stereocenters. The van der Waals surface area contributed by atoms with Crippen molar-refractivity contribution >= 4 is 28.9 Å². The smallest absolute Gasteiger partial charge is 0.337 e. The fourth-order valence-corrected chi connectivity index (χ4v) is 5.24. The van der Waals surface area contributed by atoms with Gasteiger partial charge in [-0.3, -0.25) is 4.57 Å². The van der Waals surface area contributed by atoms with Crippen LogP contribution in [0.15, 0.2) is 24.3 Å². The highest BCUT2D eigenvalue weighted by Crippen LogP contribution is 2.47. The Kier molecular flexibility index (Phi) is 7.27. The van der Waals surface area contributed by atoms with E-state index in [2.05, 4.69) is 15.0 Å². The Bertz CT molecular complexity index is 1290. The number of aliphatic hydroxyl groups is 3. The number of fused-ring (bicyclic) bond motifs is 3. The molecule has 3 aliphatic heterocycles. The molecular formula is C23H29N5O11. The number of nitrogens with zero attached hydrogens (tertiary/aromatic N) is 4.